The van der Waals surface area contributed by atoms with Crippen molar-refractivity contribution in [3.05, 3.63) is 0 Å². The Kier molecular flexibility index (Phi) is 4.58. The van der Waals surface area contributed by atoms with Gasteiger partial charge in [0.1, 0.15) is 0 Å². The minimum Gasteiger partial charge on any atom is -0.368 e. The highest BCUT2D eigenvalue weighted by Gasteiger charge is 2.32. The van der Waals surface area contributed by atoms with E-state index in [1.807, 2.05) is 6.92 Å². The van der Waals surface area contributed by atoms with Gasteiger partial charge in [0, 0.05) is 6.04 Å². The summed E-state index contributed by atoms with van der Waals surface area (Å²) in [5.41, 5.74) is 4.97. The third-order valence-corrected chi connectivity index (χ3v) is 3.42. The van der Waals surface area contributed by atoms with E-state index in [0.717, 1.165) is 12.8 Å². The molecule has 1 unspecified atom stereocenters. The molecule has 1 amide bonds. The Balaban J connectivity index is 2.52. The van der Waals surface area contributed by atoms with E-state index in [1.165, 1.54) is 32.1 Å². The minimum atomic E-state index is -0.503. The Morgan fingerprint density at radius 2 is 2.00 bits per heavy atom. The van der Waals surface area contributed by atoms with Crippen molar-refractivity contribution in [2.24, 2.45) is 5.73 Å². The Morgan fingerprint density at radius 1 is 1.40 bits per heavy atom. The van der Waals surface area contributed by atoms with Crippen molar-refractivity contribution < 1.29 is 4.79 Å². The van der Waals surface area contributed by atoms with Crippen LogP contribution in [0.1, 0.15) is 58.8 Å². The molecule has 1 atom stereocenters. The maximum absolute atomic E-state index is 11.4. The molecule has 3 nitrogen and oxygen atoms in total. The molecular weight excluding hydrogens is 188 g/mol. The normalized spacial score (nSPS) is 22.3. The van der Waals surface area contributed by atoms with E-state index in [9.17, 15) is 4.79 Å². The standard InChI is InChI=1S/C12H24N2O/c1-3-9-12(2,11(13)15)14-10-7-5-4-6-8-10/h10,14H,3-9H2,1-2H3,(H2,13,15). The van der Waals surface area contributed by atoms with Crippen LogP contribution in [0.3, 0.4) is 0 Å². The summed E-state index contributed by atoms with van der Waals surface area (Å²) < 4.78 is 0. The van der Waals surface area contributed by atoms with Gasteiger partial charge in [-0.3, -0.25) is 4.79 Å². The lowest BCUT2D eigenvalue weighted by Gasteiger charge is -2.34. The van der Waals surface area contributed by atoms with Crippen LogP contribution in [-0.2, 0) is 4.79 Å². The molecular formula is C12H24N2O. The van der Waals surface area contributed by atoms with E-state index in [1.54, 1.807) is 0 Å². The molecule has 0 heterocycles. The largest absolute Gasteiger partial charge is 0.368 e. The van der Waals surface area contributed by atoms with Gasteiger partial charge >= 0.3 is 0 Å². The van der Waals surface area contributed by atoms with Crippen molar-refractivity contribution in [3.8, 4) is 0 Å². The predicted octanol–water partition coefficient (Wildman–Crippen LogP) is 1.95. The maximum atomic E-state index is 11.4. The molecule has 1 rings (SSSR count). The van der Waals surface area contributed by atoms with Gasteiger partial charge in [0.2, 0.25) is 5.91 Å². The molecule has 15 heavy (non-hydrogen) atoms. The molecule has 0 bridgehead atoms. The van der Waals surface area contributed by atoms with Crippen LogP contribution in [0.25, 0.3) is 0 Å². The molecule has 1 aliphatic carbocycles. The zero-order chi connectivity index (χ0) is 11.3. The first-order valence-corrected chi connectivity index (χ1v) is 6.16. The second kappa shape index (κ2) is 5.50. The highest BCUT2D eigenvalue weighted by Crippen LogP contribution is 2.21. The van der Waals surface area contributed by atoms with Crippen LogP contribution >= 0.6 is 0 Å². The zero-order valence-corrected chi connectivity index (χ0v) is 10.0. The summed E-state index contributed by atoms with van der Waals surface area (Å²) in [6.45, 7) is 4.02. The highest BCUT2D eigenvalue weighted by atomic mass is 16.1. The molecule has 1 aliphatic rings. The topological polar surface area (TPSA) is 55.1 Å². The second-order valence-corrected chi connectivity index (χ2v) is 4.93. The molecule has 3 heteroatoms. The van der Waals surface area contributed by atoms with Crippen LogP contribution in [0.5, 0.6) is 0 Å². The van der Waals surface area contributed by atoms with Gasteiger partial charge in [-0.15, -0.1) is 0 Å². The fourth-order valence-electron chi connectivity index (χ4n) is 2.46. The van der Waals surface area contributed by atoms with Gasteiger partial charge < -0.3 is 11.1 Å². The number of carbonyl (C=O) groups excluding carboxylic acids is 1. The molecule has 0 aliphatic heterocycles. The summed E-state index contributed by atoms with van der Waals surface area (Å²) in [4.78, 5) is 11.4. The third-order valence-electron chi connectivity index (χ3n) is 3.42. The summed E-state index contributed by atoms with van der Waals surface area (Å²) >= 11 is 0. The van der Waals surface area contributed by atoms with Crippen molar-refractivity contribution in [3.63, 3.8) is 0 Å². The summed E-state index contributed by atoms with van der Waals surface area (Å²) in [6, 6.07) is 0.489. The number of nitrogens with one attached hydrogen (secondary N) is 1. The van der Waals surface area contributed by atoms with E-state index in [-0.39, 0.29) is 5.91 Å². The average Bonchev–Trinajstić information content (AvgIpc) is 2.19. The van der Waals surface area contributed by atoms with E-state index in [4.69, 9.17) is 5.73 Å². The lowest BCUT2D eigenvalue weighted by molar-refractivity contribution is -0.124. The molecule has 3 N–H and O–H groups in total. The van der Waals surface area contributed by atoms with Crippen molar-refractivity contribution >= 4 is 5.91 Å². The Labute approximate surface area is 92.8 Å². The van der Waals surface area contributed by atoms with Gasteiger partial charge in [0.15, 0.2) is 0 Å². The first-order valence-electron chi connectivity index (χ1n) is 6.16. The predicted molar refractivity (Wildman–Crippen MR) is 62.5 cm³/mol. The molecule has 1 fully saturated rings. The van der Waals surface area contributed by atoms with Crippen molar-refractivity contribution in [2.45, 2.75) is 70.4 Å². The molecule has 1 saturated carbocycles. The van der Waals surface area contributed by atoms with Gasteiger partial charge in [-0.05, 0) is 26.2 Å². The van der Waals surface area contributed by atoms with Gasteiger partial charge in [-0.2, -0.15) is 0 Å². The van der Waals surface area contributed by atoms with E-state index >= 15 is 0 Å². The zero-order valence-electron chi connectivity index (χ0n) is 10.0. The monoisotopic (exact) mass is 212 g/mol. The van der Waals surface area contributed by atoms with E-state index in [2.05, 4.69) is 12.2 Å². The first-order chi connectivity index (χ1) is 7.08. The van der Waals surface area contributed by atoms with Crippen LogP contribution in [0.15, 0.2) is 0 Å². The molecule has 0 aromatic heterocycles. The van der Waals surface area contributed by atoms with E-state index in [0.29, 0.717) is 6.04 Å². The third kappa shape index (κ3) is 3.49. The molecule has 88 valence electrons. The van der Waals surface area contributed by atoms with Crippen LogP contribution in [-0.4, -0.2) is 17.5 Å². The van der Waals surface area contributed by atoms with E-state index < -0.39 is 5.54 Å². The summed E-state index contributed by atoms with van der Waals surface area (Å²) in [6.07, 6.45) is 8.08. The Hall–Kier alpha value is -0.570. The Bertz CT molecular complexity index is 212. The minimum absolute atomic E-state index is 0.213. The number of hydrogen-bond acceptors (Lipinski definition) is 2. The number of amides is 1. The van der Waals surface area contributed by atoms with Crippen molar-refractivity contribution in [2.75, 3.05) is 0 Å². The van der Waals surface area contributed by atoms with Gasteiger partial charge in [-0.25, -0.2) is 0 Å². The molecule has 0 aromatic carbocycles. The highest BCUT2D eigenvalue weighted by molar-refractivity contribution is 5.84. The van der Waals surface area contributed by atoms with Gasteiger partial charge in [0.05, 0.1) is 5.54 Å². The lowest BCUT2D eigenvalue weighted by Crippen LogP contribution is -2.56. The van der Waals surface area contributed by atoms with Crippen LogP contribution in [0.4, 0.5) is 0 Å². The second-order valence-electron chi connectivity index (χ2n) is 4.93. The lowest BCUT2D eigenvalue weighted by atomic mass is 9.89. The fourth-order valence-corrected chi connectivity index (χ4v) is 2.46. The van der Waals surface area contributed by atoms with Gasteiger partial charge in [-0.1, -0.05) is 32.6 Å². The number of primary amides is 1. The quantitative estimate of drug-likeness (QED) is 0.732. The summed E-state index contributed by atoms with van der Waals surface area (Å²) in [5, 5.41) is 3.46. The molecule has 0 radical (unpaired) electrons. The summed E-state index contributed by atoms with van der Waals surface area (Å²) in [5.74, 6) is -0.213. The van der Waals surface area contributed by atoms with Crippen LogP contribution < -0.4 is 11.1 Å². The fraction of sp³-hybridized carbons (Fsp3) is 0.917. The number of rotatable bonds is 5. The van der Waals surface area contributed by atoms with Gasteiger partial charge in [0.25, 0.3) is 0 Å². The van der Waals surface area contributed by atoms with Crippen molar-refractivity contribution in [1.29, 1.82) is 0 Å². The van der Waals surface area contributed by atoms with Crippen molar-refractivity contribution in [1.82, 2.24) is 5.32 Å². The summed E-state index contributed by atoms with van der Waals surface area (Å²) in [7, 11) is 0. The smallest absolute Gasteiger partial charge is 0.237 e. The van der Waals surface area contributed by atoms with Crippen LogP contribution in [0, 0.1) is 0 Å². The average molecular weight is 212 g/mol. The Morgan fingerprint density at radius 3 is 2.47 bits per heavy atom. The van der Waals surface area contributed by atoms with Crippen LogP contribution in [0.2, 0.25) is 0 Å². The molecule has 0 aromatic rings. The first kappa shape index (κ1) is 12.5. The molecule has 0 spiro atoms. The maximum Gasteiger partial charge on any atom is 0.237 e. The molecule has 0 saturated heterocycles. The number of carbonyl (C=O) groups is 1. The number of hydrogen-bond donors (Lipinski definition) is 2. The number of nitrogens with two attached hydrogens (primary N) is 1. The SMILES string of the molecule is CCCC(C)(NC1CCCCC1)C(N)=O.